The zero-order valence-electron chi connectivity index (χ0n) is 33.9. The van der Waals surface area contributed by atoms with Crippen LogP contribution in [0.4, 0.5) is 22.7 Å². The minimum absolute atomic E-state index is 0.152. The van der Waals surface area contributed by atoms with Gasteiger partial charge in [-0.05, 0) is 131 Å². The molecule has 0 spiro atoms. The summed E-state index contributed by atoms with van der Waals surface area (Å²) < 4.78 is 12.8. The van der Waals surface area contributed by atoms with Crippen molar-refractivity contribution in [3.8, 4) is 44.5 Å². The van der Waals surface area contributed by atoms with Crippen molar-refractivity contribution in [2.45, 2.75) is 23.6 Å². The van der Waals surface area contributed by atoms with Crippen molar-refractivity contribution >= 4 is 90.8 Å². The summed E-state index contributed by atoms with van der Waals surface area (Å²) in [4.78, 5) is 7.80. The number of hydrogen-bond acceptors (Lipinski definition) is 5. The zero-order chi connectivity index (χ0) is 40.8. The summed E-state index contributed by atoms with van der Waals surface area (Å²) in [5.74, 6) is 0. The molecule has 11 aromatic rings. The molecule has 0 radical (unpaired) electrons. The predicted molar refractivity (Wildman–Crippen MR) is 259 cm³/mol. The van der Waals surface area contributed by atoms with Crippen LogP contribution < -0.4 is 15.1 Å². The maximum Gasteiger partial charge on any atom is 0.422 e. The molecule has 0 saturated heterocycles. The summed E-state index contributed by atoms with van der Waals surface area (Å²) in [5.41, 5.74) is 22.0. The third-order valence-corrected chi connectivity index (χ3v) is 14.5. The Bertz CT molecular complexity index is 3740. The van der Waals surface area contributed by atoms with Crippen LogP contribution >= 0.6 is 11.8 Å². The van der Waals surface area contributed by atoms with Crippen LogP contribution in [0.1, 0.15) is 11.1 Å². The smallest absolute Gasteiger partial charge is 0.422 e. The van der Waals surface area contributed by atoms with Gasteiger partial charge in [0.1, 0.15) is 22.3 Å². The number of aryl methyl sites for hydroxylation is 2. The topological polar surface area (TPSA) is 32.8 Å². The van der Waals surface area contributed by atoms with E-state index in [9.17, 15) is 0 Å². The van der Waals surface area contributed by atoms with Crippen molar-refractivity contribution in [3.05, 3.63) is 187 Å². The van der Waals surface area contributed by atoms with E-state index in [-0.39, 0.29) is 6.98 Å². The first-order valence-corrected chi connectivity index (χ1v) is 22.1. The fourth-order valence-corrected chi connectivity index (χ4v) is 12.1. The number of benzene rings is 9. The van der Waals surface area contributed by atoms with Gasteiger partial charge in [-0.3, -0.25) is 0 Å². The molecule has 2 aromatic heterocycles. The van der Waals surface area contributed by atoms with Crippen LogP contribution in [0.3, 0.4) is 0 Å². The van der Waals surface area contributed by atoms with Gasteiger partial charge >= 0.3 is 6.98 Å². The molecule has 14 rings (SSSR count). The average molecular weight is 811 g/mol. The molecule has 290 valence electrons. The quantitative estimate of drug-likeness (QED) is 0.166. The van der Waals surface area contributed by atoms with Crippen LogP contribution in [0.15, 0.2) is 195 Å². The van der Waals surface area contributed by atoms with Gasteiger partial charge in [-0.1, -0.05) is 121 Å². The second-order valence-corrected chi connectivity index (χ2v) is 17.9. The number of rotatable bonds is 3. The fraction of sp³-hybridized carbons (Fsp3) is 0.0357. The van der Waals surface area contributed by atoms with Crippen molar-refractivity contribution < 1.29 is 8.83 Å². The SMILES string of the molecule is Cc1ccccc1N1B2c3c(cccc3-c3cc(-c4cccc5oc6ccccc6c45)cc4c3N2c2ccccc2S4)-c2cc(-c3cccc4oc5ccccc5c34)cc(C)c21. The minimum Gasteiger partial charge on any atom is -0.456 e. The maximum atomic E-state index is 6.43. The van der Waals surface area contributed by atoms with Gasteiger partial charge in [0.2, 0.25) is 0 Å². The van der Waals surface area contributed by atoms with Gasteiger partial charge in [-0.25, -0.2) is 0 Å². The lowest BCUT2D eigenvalue weighted by atomic mass is 9.53. The summed E-state index contributed by atoms with van der Waals surface area (Å²) >= 11 is 1.88. The molecule has 62 heavy (non-hydrogen) atoms. The number of anilines is 4. The molecule has 5 heterocycles. The van der Waals surface area contributed by atoms with Gasteiger partial charge in [0.25, 0.3) is 0 Å². The second-order valence-electron chi connectivity index (χ2n) is 16.9. The largest absolute Gasteiger partial charge is 0.456 e. The first-order chi connectivity index (χ1) is 30.6. The van der Waals surface area contributed by atoms with Gasteiger partial charge in [0, 0.05) is 59.5 Å². The van der Waals surface area contributed by atoms with Gasteiger partial charge < -0.3 is 18.5 Å². The number of nitrogens with zero attached hydrogens (tertiary/aromatic N) is 2. The van der Waals surface area contributed by atoms with E-state index in [0.29, 0.717) is 0 Å². The lowest BCUT2D eigenvalue weighted by Crippen LogP contribution is -2.62. The van der Waals surface area contributed by atoms with Crippen LogP contribution in [0.5, 0.6) is 0 Å². The molecule has 3 aliphatic rings. The Labute approximate surface area is 362 Å². The molecule has 3 aliphatic heterocycles. The van der Waals surface area contributed by atoms with Crippen LogP contribution in [-0.4, -0.2) is 6.98 Å². The molecule has 0 fully saturated rings. The van der Waals surface area contributed by atoms with Gasteiger partial charge in [0.05, 0.1) is 5.69 Å². The number of furan rings is 2. The third-order valence-electron chi connectivity index (χ3n) is 13.4. The van der Waals surface area contributed by atoms with Crippen LogP contribution in [0, 0.1) is 13.8 Å². The average Bonchev–Trinajstić information content (AvgIpc) is 3.89. The Morgan fingerprint density at radius 3 is 1.60 bits per heavy atom. The predicted octanol–water partition coefficient (Wildman–Crippen LogP) is 15.2. The summed E-state index contributed by atoms with van der Waals surface area (Å²) in [6.07, 6.45) is 0. The van der Waals surface area contributed by atoms with E-state index in [0.717, 1.165) is 43.9 Å². The van der Waals surface area contributed by atoms with E-state index in [1.807, 2.05) is 23.9 Å². The van der Waals surface area contributed by atoms with Gasteiger partial charge in [-0.2, -0.15) is 0 Å². The highest BCUT2D eigenvalue weighted by atomic mass is 32.2. The summed E-state index contributed by atoms with van der Waals surface area (Å²) in [6.45, 7) is 4.39. The summed E-state index contributed by atoms with van der Waals surface area (Å²) in [7, 11) is 0. The molecule has 6 heteroatoms. The van der Waals surface area contributed by atoms with E-state index in [1.54, 1.807) is 0 Å². The Morgan fingerprint density at radius 1 is 0.403 bits per heavy atom. The van der Waals surface area contributed by atoms with Crippen LogP contribution in [0.25, 0.3) is 88.4 Å². The van der Waals surface area contributed by atoms with Crippen molar-refractivity contribution in [1.82, 2.24) is 0 Å². The Morgan fingerprint density at radius 2 is 0.919 bits per heavy atom. The van der Waals surface area contributed by atoms with E-state index in [2.05, 4.69) is 187 Å². The summed E-state index contributed by atoms with van der Waals surface area (Å²) in [5, 5.41) is 4.58. The second kappa shape index (κ2) is 12.6. The normalized spacial score (nSPS) is 13.5. The van der Waals surface area contributed by atoms with Crippen LogP contribution in [0.2, 0.25) is 0 Å². The fourth-order valence-electron chi connectivity index (χ4n) is 10.9. The standard InChI is InChI=1S/C56H35BN2O2S/c1-32-14-3-6-21-44(32)58-55-33(2)28-34(36-17-12-25-48-52(36)40-15-4-8-23-46(40)60-48)29-42(55)38-19-11-20-39-43-30-35(37-18-13-26-49-53(37)41-16-5-9-24-47(41)61-49)31-51-56(43)59(57(58)54(38)39)45-22-7-10-27-50(45)62-51/h3-31H,1-2H3. The maximum absolute atomic E-state index is 6.43. The van der Waals surface area contributed by atoms with E-state index in [4.69, 9.17) is 8.83 Å². The molecule has 0 unspecified atom stereocenters. The van der Waals surface area contributed by atoms with E-state index >= 15 is 0 Å². The molecule has 0 saturated carbocycles. The molecule has 0 N–H and O–H groups in total. The molecule has 9 aromatic carbocycles. The first-order valence-electron chi connectivity index (χ1n) is 21.3. The van der Waals surface area contributed by atoms with Crippen molar-refractivity contribution in [2.24, 2.45) is 0 Å². The molecule has 0 aliphatic carbocycles. The molecule has 0 atom stereocenters. The van der Waals surface area contributed by atoms with E-state index in [1.165, 1.54) is 93.6 Å². The number of hydrogen-bond donors (Lipinski definition) is 0. The Hall–Kier alpha value is -7.41. The highest BCUT2D eigenvalue weighted by Crippen LogP contribution is 2.59. The highest BCUT2D eigenvalue weighted by Gasteiger charge is 2.50. The van der Waals surface area contributed by atoms with Crippen molar-refractivity contribution in [1.29, 1.82) is 0 Å². The number of para-hydroxylation sites is 4. The third kappa shape index (κ3) is 4.59. The van der Waals surface area contributed by atoms with Gasteiger partial charge in [-0.15, -0.1) is 0 Å². The molecular weight excluding hydrogens is 776 g/mol. The minimum atomic E-state index is -0.152. The van der Waals surface area contributed by atoms with Crippen molar-refractivity contribution in [3.63, 3.8) is 0 Å². The Balaban J connectivity index is 1.08. The molecule has 0 bridgehead atoms. The summed E-state index contributed by atoms with van der Waals surface area (Å²) in [6, 6.07) is 64.3. The zero-order valence-corrected chi connectivity index (χ0v) is 34.8. The van der Waals surface area contributed by atoms with Crippen molar-refractivity contribution in [2.75, 3.05) is 9.62 Å². The monoisotopic (exact) mass is 810 g/mol. The first kappa shape index (κ1) is 34.3. The van der Waals surface area contributed by atoms with E-state index < -0.39 is 0 Å². The lowest BCUT2D eigenvalue weighted by molar-refractivity contribution is 0.668. The molecular formula is C56H35BN2O2S. The van der Waals surface area contributed by atoms with Gasteiger partial charge in [0.15, 0.2) is 0 Å². The molecule has 0 amide bonds. The molecule has 4 nitrogen and oxygen atoms in total. The highest BCUT2D eigenvalue weighted by molar-refractivity contribution is 7.99. The lowest BCUT2D eigenvalue weighted by Gasteiger charge is -2.50. The van der Waals surface area contributed by atoms with Crippen LogP contribution in [-0.2, 0) is 0 Å². The number of fused-ring (bicyclic) bond motifs is 12. The Kier molecular flexibility index (Phi) is 6.96.